The Bertz CT molecular complexity index is 262. The Morgan fingerprint density at radius 2 is 2.17 bits per heavy atom. The number of nitrogens with zero attached hydrogens (tertiary/aromatic N) is 1. The Morgan fingerprint density at radius 1 is 1.50 bits per heavy atom. The molecule has 104 valence electrons. The number of nitrogens with one attached hydrogen (secondary N) is 2. The van der Waals surface area contributed by atoms with Crippen LogP contribution in [0.4, 0.5) is 0 Å². The molecule has 18 heavy (non-hydrogen) atoms. The van der Waals surface area contributed by atoms with Crippen molar-refractivity contribution < 1.29 is 4.79 Å². The summed E-state index contributed by atoms with van der Waals surface area (Å²) in [6, 6.07) is 0.610. The Morgan fingerprint density at radius 3 is 2.78 bits per heavy atom. The SMILES string of the molecule is C=CCNC(=O)C(C)NCCN(C)C1CCCC1. The van der Waals surface area contributed by atoms with E-state index in [4.69, 9.17) is 0 Å². The number of carbonyl (C=O) groups is 1. The molecule has 1 atom stereocenters. The number of amides is 1. The molecule has 2 N–H and O–H groups in total. The van der Waals surface area contributed by atoms with Gasteiger partial charge >= 0.3 is 0 Å². The first kappa shape index (κ1) is 15.2. The lowest BCUT2D eigenvalue weighted by Gasteiger charge is -2.24. The molecule has 1 saturated carbocycles. The molecule has 0 heterocycles. The van der Waals surface area contributed by atoms with Gasteiger partial charge < -0.3 is 15.5 Å². The molecule has 1 rings (SSSR count). The molecule has 0 saturated heterocycles. The minimum absolute atomic E-state index is 0.0402. The second-order valence-corrected chi connectivity index (χ2v) is 5.13. The fourth-order valence-electron chi connectivity index (χ4n) is 2.40. The van der Waals surface area contributed by atoms with Crippen molar-refractivity contribution in [1.82, 2.24) is 15.5 Å². The van der Waals surface area contributed by atoms with E-state index in [1.54, 1.807) is 6.08 Å². The van der Waals surface area contributed by atoms with Crippen LogP contribution in [-0.4, -0.2) is 49.6 Å². The molecular weight excluding hydrogens is 226 g/mol. The molecule has 0 radical (unpaired) electrons. The highest BCUT2D eigenvalue weighted by Gasteiger charge is 2.19. The summed E-state index contributed by atoms with van der Waals surface area (Å²) >= 11 is 0. The molecule has 1 unspecified atom stereocenters. The molecule has 4 nitrogen and oxygen atoms in total. The van der Waals surface area contributed by atoms with Crippen molar-refractivity contribution in [3.05, 3.63) is 12.7 Å². The van der Waals surface area contributed by atoms with E-state index in [1.165, 1.54) is 25.7 Å². The van der Waals surface area contributed by atoms with Gasteiger partial charge in [0.05, 0.1) is 6.04 Å². The first-order chi connectivity index (χ1) is 8.65. The summed E-state index contributed by atoms with van der Waals surface area (Å²) in [6.45, 7) is 7.87. The summed E-state index contributed by atoms with van der Waals surface area (Å²) in [6.07, 6.45) is 7.07. The topological polar surface area (TPSA) is 44.4 Å². The van der Waals surface area contributed by atoms with Gasteiger partial charge in [-0.15, -0.1) is 6.58 Å². The summed E-state index contributed by atoms with van der Waals surface area (Å²) in [5.41, 5.74) is 0. The van der Waals surface area contributed by atoms with Gasteiger partial charge in [0.1, 0.15) is 0 Å². The molecule has 4 heteroatoms. The molecule has 0 aromatic heterocycles. The van der Waals surface area contributed by atoms with Crippen molar-refractivity contribution in [2.45, 2.75) is 44.7 Å². The van der Waals surface area contributed by atoms with Crippen LogP contribution >= 0.6 is 0 Å². The second-order valence-electron chi connectivity index (χ2n) is 5.13. The normalized spacial score (nSPS) is 17.9. The third-order valence-electron chi connectivity index (χ3n) is 3.68. The highest BCUT2D eigenvalue weighted by molar-refractivity contribution is 5.81. The van der Waals surface area contributed by atoms with Crippen LogP contribution in [0.5, 0.6) is 0 Å². The molecule has 0 spiro atoms. The van der Waals surface area contributed by atoms with Crippen LogP contribution < -0.4 is 10.6 Å². The number of rotatable bonds is 8. The highest BCUT2D eigenvalue weighted by Crippen LogP contribution is 2.21. The van der Waals surface area contributed by atoms with E-state index in [0.717, 1.165) is 19.1 Å². The summed E-state index contributed by atoms with van der Waals surface area (Å²) in [5, 5.41) is 6.05. The summed E-state index contributed by atoms with van der Waals surface area (Å²) < 4.78 is 0. The van der Waals surface area contributed by atoms with Gasteiger partial charge in [0.15, 0.2) is 0 Å². The van der Waals surface area contributed by atoms with Gasteiger partial charge in [0.2, 0.25) is 5.91 Å². The van der Waals surface area contributed by atoms with Crippen molar-refractivity contribution in [3.63, 3.8) is 0 Å². The molecule has 1 fully saturated rings. The lowest BCUT2D eigenvalue weighted by atomic mass is 10.2. The van der Waals surface area contributed by atoms with E-state index in [9.17, 15) is 4.79 Å². The van der Waals surface area contributed by atoms with Crippen LogP contribution in [0.3, 0.4) is 0 Å². The molecular formula is C14H27N3O. The smallest absolute Gasteiger partial charge is 0.237 e. The Kier molecular flexibility index (Phi) is 6.98. The van der Waals surface area contributed by atoms with Gasteiger partial charge in [-0.3, -0.25) is 4.79 Å². The van der Waals surface area contributed by atoms with Crippen LogP contribution in [0.2, 0.25) is 0 Å². The van der Waals surface area contributed by atoms with Crippen LogP contribution in [-0.2, 0) is 4.79 Å². The third kappa shape index (κ3) is 5.19. The van der Waals surface area contributed by atoms with Gasteiger partial charge in [0.25, 0.3) is 0 Å². The van der Waals surface area contributed by atoms with Crippen molar-refractivity contribution in [1.29, 1.82) is 0 Å². The van der Waals surface area contributed by atoms with Crippen LogP contribution in [0.1, 0.15) is 32.6 Å². The fourth-order valence-corrected chi connectivity index (χ4v) is 2.40. The number of carbonyl (C=O) groups excluding carboxylic acids is 1. The summed E-state index contributed by atoms with van der Waals surface area (Å²) in [5.74, 6) is 0.0402. The van der Waals surface area contributed by atoms with Gasteiger partial charge in [-0.05, 0) is 26.8 Å². The average molecular weight is 253 g/mol. The molecule has 1 amide bonds. The zero-order valence-electron chi connectivity index (χ0n) is 11.7. The first-order valence-electron chi connectivity index (χ1n) is 6.97. The van der Waals surface area contributed by atoms with Crippen LogP contribution in [0, 0.1) is 0 Å². The van der Waals surface area contributed by atoms with E-state index < -0.39 is 0 Å². The lowest BCUT2D eigenvalue weighted by Crippen LogP contribution is -2.45. The van der Waals surface area contributed by atoms with Crippen molar-refractivity contribution in [3.8, 4) is 0 Å². The third-order valence-corrected chi connectivity index (χ3v) is 3.68. The zero-order valence-corrected chi connectivity index (χ0v) is 11.7. The maximum atomic E-state index is 11.6. The molecule has 0 bridgehead atoms. The predicted octanol–water partition coefficient (Wildman–Crippen LogP) is 1.14. The largest absolute Gasteiger partial charge is 0.351 e. The molecule has 0 aliphatic heterocycles. The number of hydrogen-bond donors (Lipinski definition) is 2. The lowest BCUT2D eigenvalue weighted by molar-refractivity contribution is -0.122. The van der Waals surface area contributed by atoms with E-state index in [1.807, 2.05) is 6.92 Å². The van der Waals surface area contributed by atoms with Crippen LogP contribution in [0.15, 0.2) is 12.7 Å². The van der Waals surface area contributed by atoms with E-state index in [0.29, 0.717) is 6.54 Å². The Labute approximate surface area is 111 Å². The Balaban J connectivity index is 2.12. The van der Waals surface area contributed by atoms with Gasteiger partial charge in [-0.2, -0.15) is 0 Å². The Hall–Kier alpha value is -0.870. The summed E-state index contributed by atoms with van der Waals surface area (Å²) in [7, 11) is 2.18. The average Bonchev–Trinajstić information content (AvgIpc) is 2.89. The fraction of sp³-hybridized carbons (Fsp3) is 0.786. The van der Waals surface area contributed by atoms with E-state index in [-0.39, 0.29) is 11.9 Å². The van der Waals surface area contributed by atoms with E-state index in [2.05, 4.69) is 29.2 Å². The maximum absolute atomic E-state index is 11.6. The second kappa shape index (κ2) is 8.27. The quantitative estimate of drug-likeness (QED) is 0.638. The van der Waals surface area contributed by atoms with Crippen LogP contribution in [0.25, 0.3) is 0 Å². The monoisotopic (exact) mass is 253 g/mol. The molecule has 1 aliphatic carbocycles. The molecule has 0 aromatic rings. The standard InChI is InChI=1S/C14H27N3O/c1-4-9-16-14(18)12(2)15-10-11-17(3)13-7-5-6-8-13/h4,12-13,15H,1,5-11H2,2-3H3,(H,16,18). The minimum atomic E-state index is -0.137. The molecule has 1 aliphatic rings. The highest BCUT2D eigenvalue weighted by atomic mass is 16.2. The van der Waals surface area contributed by atoms with Crippen molar-refractivity contribution in [2.24, 2.45) is 0 Å². The zero-order chi connectivity index (χ0) is 13.4. The number of likely N-dealkylation sites (N-methyl/N-ethyl adjacent to an activating group) is 1. The number of hydrogen-bond acceptors (Lipinski definition) is 3. The van der Waals surface area contributed by atoms with Gasteiger partial charge in [-0.25, -0.2) is 0 Å². The van der Waals surface area contributed by atoms with Crippen molar-refractivity contribution >= 4 is 5.91 Å². The first-order valence-corrected chi connectivity index (χ1v) is 6.97. The predicted molar refractivity (Wildman–Crippen MR) is 75.6 cm³/mol. The van der Waals surface area contributed by atoms with Gasteiger partial charge in [-0.1, -0.05) is 18.9 Å². The maximum Gasteiger partial charge on any atom is 0.237 e. The van der Waals surface area contributed by atoms with E-state index >= 15 is 0 Å². The summed E-state index contributed by atoms with van der Waals surface area (Å²) in [4.78, 5) is 14.0. The molecule has 0 aromatic carbocycles. The van der Waals surface area contributed by atoms with Crippen molar-refractivity contribution in [2.75, 3.05) is 26.7 Å². The minimum Gasteiger partial charge on any atom is -0.351 e. The van der Waals surface area contributed by atoms with Gasteiger partial charge in [0, 0.05) is 25.7 Å².